The molecule has 0 amide bonds. The highest BCUT2D eigenvalue weighted by atomic mass is 32.1. The van der Waals surface area contributed by atoms with Crippen molar-refractivity contribution >= 4 is 28.7 Å². The van der Waals surface area contributed by atoms with Gasteiger partial charge in [-0.15, -0.1) is 11.3 Å². The van der Waals surface area contributed by atoms with Gasteiger partial charge in [0.2, 0.25) is 0 Å². The van der Waals surface area contributed by atoms with Crippen molar-refractivity contribution in [3.05, 3.63) is 69.2 Å². The summed E-state index contributed by atoms with van der Waals surface area (Å²) in [4.78, 5) is 27.3. The maximum Gasteiger partial charge on any atom is 0.340 e. The molecule has 0 aliphatic heterocycles. The van der Waals surface area contributed by atoms with E-state index in [1.165, 1.54) is 29.5 Å². The van der Waals surface area contributed by atoms with E-state index >= 15 is 0 Å². The minimum absolute atomic E-state index is 0.0366. The predicted molar refractivity (Wildman–Crippen MR) is 106 cm³/mol. The van der Waals surface area contributed by atoms with Crippen LogP contribution in [0.25, 0.3) is 10.6 Å². The molecular weight excluding hydrogens is 382 g/mol. The molecule has 0 atom stereocenters. The molecule has 1 heterocycles. The summed E-state index contributed by atoms with van der Waals surface area (Å²) in [5.41, 5.74) is 1.86. The highest BCUT2D eigenvalue weighted by molar-refractivity contribution is 7.13. The first kappa shape index (κ1) is 19.3. The lowest BCUT2D eigenvalue weighted by Gasteiger charge is -2.08. The second-order valence-electron chi connectivity index (χ2n) is 5.69. The summed E-state index contributed by atoms with van der Waals surface area (Å²) in [6, 6.07) is 11.5. The molecule has 144 valence electrons. The van der Waals surface area contributed by atoms with E-state index in [9.17, 15) is 14.9 Å². The van der Waals surface area contributed by atoms with Crippen LogP contribution in [0.15, 0.2) is 47.8 Å². The normalized spacial score (nSPS) is 10.4. The Labute approximate surface area is 164 Å². The first-order valence-electron chi connectivity index (χ1n) is 8.24. The lowest BCUT2D eigenvalue weighted by atomic mass is 10.1. The minimum atomic E-state index is -0.663. The van der Waals surface area contributed by atoms with Crippen LogP contribution in [0.5, 0.6) is 5.75 Å². The summed E-state index contributed by atoms with van der Waals surface area (Å²) in [6.07, 6.45) is 0. The Morgan fingerprint density at radius 3 is 2.82 bits per heavy atom. The van der Waals surface area contributed by atoms with Crippen molar-refractivity contribution < 1.29 is 19.2 Å². The third-order valence-corrected chi connectivity index (χ3v) is 4.86. The molecule has 1 aromatic heterocycles. The molecule has 0 aliphatic carbocycles. The van der Waals surface area contributed by atoms with Gasteiger partial charge in [-0.3, -0.25) is 10.1 Å². The number of hydrogen-bond donors (Lipinski definition) is 1. The highest BCUT2D eigenvalue weighted by Gasteiger charge is 2.18. The summed E-state index contributed by atoms with van der Waals surface area (Å²) in [5.74, 6) is 0.0647. The lowest BCUT2D eigenvalue weighted by Crippen LogP contribution is -2.09. The van der Waals surface area contributed by atoms with Crippen molar-refractivity contribution in [3.63, 3.8) is 0 Å². The predicted octanol–water partition coefficient (Wildman–Crippen LogP) is 4.13. The minimum Gasteiger partial charge on any atom is -0.497 e. The number of nitro groups is 1. The summed E-state index contributed by atoms with van der Waals surface area (Å²) in [7, 11) is 3.22. The van der Waals surface area contributed by atoms with Crippen LogP contribution in [0, 0.1) is 10.1 Å². The molecule has 0 fully saturated rings. The van der Waals surface area contributed by atoms with E-state index in [0.717, 1.165) is 16.3 Å². The first-order chi connectivity index (χ1) is 13.5. The van der Waals surface area contributed by atoms with E-state index in [1.807, 2.05) is 24.3 Å². The summed E-state index contributed by atoms with van der Waals surface area (Å²) < 4.78 is 10.5. The number of aromatic nitrogens is 1. The number of rotatable bonds is 7. The number of carbonyl (C=O) groups is 1. The first-order valence-corrected chi connectivity index (χ1v) is 9.12. The molecule has 8 nitrogen and oxygen atoms in total. The van der Waals surface area contributed by atoms with Gasteiger partial charge in [-0.1, -0.05) is 12.1 Å². The fourth-order valence-corrected chi connectivity index (χ4v) is 3.31. The fourth-order valence-electron chi connectivity index (χ4n) is 2.51. The number of anilines is 1. The Kier molecular flexibility index (Phi) is 5.85. The largest absolute Gasteiger partial charge is 0.497 e. The van der Waals surface area contributed by atoms with Gasteiger partial charge < -0.3 is 14.8 Å². The Morgan fingerprint density at radius 1 is 1.29 bits per heavy atom. The molecule has 3 aromatic rings. The van der Waals surface area contributed by atoms with Gasteiger partial charge in [0, 0.05) is 35.8 Å². The molecule has 0 aliphatic rings. The van der Waals surface area contributed by atoms with Crippen LogP contribution >= 0.6 is 11.3 Å². The van der Waals surface area contributed by atoms with Crippen molar-refractivity contribution in [2.45, 2.75) is 6.61 Å². The molecular formula is C19H17N3O5S. The van der Waals surface area contributed by atoms with Crippen molar-refractivity contribution in [3.8, 4) is 16.3 Å². The van der Waals surface area contributed by atoms with Crippen LogP contribution in [-0.4, -0.2) is 30.0 Å². The molecule has 28 heavy (non-hydrogen) atoms. The number of carbonyl (C=O) groups excluding carboxylic acids is 1. The van der Waals surface area contributed by atoms with E-state index in [-0.39, 0.29) is 17.9 Å². The standard InChI is InChI=1S/C19H17N3O5S/c1-20-17-7-6-14(22(24)25)9-16(17)19(23)27-10-13-11-28-18(21-13)12-4-3-5-15(8-12)26-2/h3-9,11,20H,10H2,1-2H3. The van der Waals surface area contributed by atoms with Crippen molar-refractivity contribution in [1.29, 1.82) is 0 Å². The number of esters is 1. The van der Waals surface area contributed by atoms with Gasteiger partial charge in [0.05, 0.1) is 23.3 Å². The van der Waals surface area contributed by atoms with Gasteiger partial charge >= 0.3 is 5.97 Å². The molecule has 0 spiro atoms. The lowest BCUT2D eigenvalue weighted by molar-refractivity contribution is -0.384. The Bertz CT molecular complexity index is 1020. The smallest absolute Gasteiger partial charge is 0.340 e. The number of hydrogen-bond acceptors (Lipinski definition) is 8. The van der Waals surface area contributed by atoms with Crippen LogP contribution in [0.4, 0.5) is 11.4 Å². The van der Waals surface area contributed by atoms with Gasteiger partial charge in [0.1, 0.15) is 17.4 Å². The Morgan fingerprint density at radius 2 is 2.11 bits per heavy atom. The average molecular weight is 399 g/mol. The van der Waals surface area contributed by atoms with Gasteiger partial charge in [0.15, 0.2) is 0 Å². The monoisotopic (exact) mass is 399 g/mol. The van der Waals surface area contributed by atoms with Crippen molar-refractivity contribution in [2.75, 3.05) is 19.5 Å². The number of nitro benzene ring substituents is 1. The molecule has 0 radical (unpaired) electrons. The van der Waals surface area contributed by atoms with Crippen LogP contribution in [-0.2, 0) is 11.3 Å². The zero-order valence-electron chi connectivity index (χ0n) is 15.2. The van der Waals surface area contributed by atoms with Crippen LogP contribution in [0.2, 0.25) is 0 Å². The number of ether oxygens (including phenoxy) is 2. The van der Waals surface area contributed by atoms with Crippen molar-refractivity contribution in [2.24, 2.45) is 0 Å². The maximum atomic E-state index is 12.4. The van der Waals surface area contributed by atoms with Gasteiger partial charge in [-0.25, -0.2) is 9.78 Å². The second-order valence-corrected chi connectivity index (χ2v) is 6.55. The number of thiazole rings is 1. The quantitative estimate of drug-likeness (QED) is 0.362. The second kappa shape index (κ2) is 8.49. The van der Waals surface area contributed by atoms with Gasteiger partial charge in [-0.05, 0) is 18.2 Å². The average Bonchev–Trinajstić information content (AvgIpc) is 3.20. The third-order valence-electron chi connectivity index (χ3n) is 3.92. The number of nitrogens with one attached hydrogen (secondary N) is 1. The number of methoxy groups -OCH3 is 1. The topological polar surface area (TPSA) is 104 Å². The fraction of sp³-hybridized carbons (Fsp3) is 0.158. The van der Waals surface area contributed by atoms with E-state index in [1.54, 1.807) is 19.5 Å². The molecule has 0 bridgehead atoms. The molecule has 9 heteroatoms. The molecule has 3 rings (SSSR count). The van der Waals surface area contributed by atoms with E-state index in [2.05, 4.69) is 10.3 Å². The van der Waals surface area contributed by atoms with Crippen LogP contribution in [0.3, 0.4) is 0 Å². The molecule has 0 saturated heterocycles. The highest BCUT2D eigenvalue weighted by Crippen LogP contribution is 2.27. The zero-order chi connectivity index (χ0) is 20.1. The molecule has 2 aromatic carbocycles. The van der Waals surface area contributed by atoms with Gasteiger partial charge in [0.25, 0.3) is 5.69 Å². The van der Waals surface area contributed by atoms with E-state index in [0.29, 0.717) is 11.4 Å². The Balaban J connectivity index is 1.73. The maximum absolute atomic E-state index is 12.4. The molecule has 0 unspecified atom stereocenters. The Hall–Kier alpha value is -3.46. The van der Waals surface area contributed by atoms with Crippen LogP contribution in [0.1, 0.15) is 16.1 Å². The molecule has 0 saturated carbocycles. The van der Waals surface area contributed by atoms with Crippen LogP contribution < -0.4 is 10.1 Å². The van der Waals surface area contributed by atoms with Crippen molar-refractivity contribution in [1.82, 2.24) is 4.98 Å². The summed E-state index contributed by atoms with van der Waals surface area (Å²) >= 11 is 1.42. The van der Waals surface area contributed by atoms with E-state index in [4.69, 9.17) is 9.47 Å². The van der Waals surface area contributed by atoms with E-state index < -0.39 is 10.9 Å². The number of nitrogens with zero attached hydrogens (tertiary/aromatic N) is 2. The summed E-state index contributed by atoms with van der Waals surface area (Å²) in [5, 5.41) is 16.4. The number of non-ortho nitro benzene ring substituents is 1. The van der Waals surface area contributed by atoms with Gasteiger partial charge in [-0.2, -0.15) is 0 Å². The summed E-state index contributed by atoms with van der Waals surface area (Å²) in [6.45, 7) is -0.0366. The number of benzene rings is 2. The zero-order valence-corrected chi connectivity index (χ0v) is 16.0. The SMILES string of the molecule is CNc1ccc([N+](=O)[O-])cc1C(=O)OCc1csc(-c2cccc(OC)c2)n1. The molecule has 1 N–H and O–H groups in total. The third kappa shape index (κ3) is 4.26.